The van der Waals surface area contributed by atoms with Crippen molar-refractivity contribution in [1.82, 2.24) is 4.98 Å². The zero-order valence-electron chi connectivity index (χ0n) is 10.4. The first kappa shape index (κ1) is 14.7. The van der Waals surface area contributed by atoms with Crippen LogP contribution in [0.4, 0.5) is 11.5 Å². The van der Waals surface area contributed by atoms with Crippen LogP contribution in [0.3, 0.4) is 0 Å². The van der Waals surface area contributed by atoms with Gasteiger partial charge in [-0.25, -0.2) is 4.98 Å². The second-order valence-corrected chi connectivity index (χ2v) is 5.30. The summed E-state index contributed by atoms with van der Waals surface area (Å²) in [7, 11) is 0. The molecule has 18 heavy (non-hydrogen) atoms. The highest BCUT2D eigenvalue weighted by Gasteiger charge is 2.13. The van der Waals surface area contributed by atoms with E-state index in [2.05, 4.69) is 10.3 Å². The van der Waals surface area contributed by atoms with E-state index in [4.69, 9.17) is 5.11 Å². The summed E-state index contributed by atoms with van der Waals surface area (Å²) in [6.45, 7) is 4.57. The molecule has 0 aliphatic carbocycles. The Hall–Kier alpha value is -1.34. The molecule has 6 nitrogen and oxygen atoms in total. The SMILES string of the molecule is CCCNc1cc([N+](=O)[O-])cc(SC(C)CO)n1. The summed E-state index contributed by atoms with van der Waals surface area (Å²) in [5.41, 5.74) is 0.0104. The number of aromatic nitrogens is 1. The first-order valence-corrected chi connectivity index (χ1v) is 6.62. The number of thioether (sulfide) groups is 1. The minimum atomic E-state index is -0.438. The van der Waals surface area contributed by atoms with Gasteiger partial charge in [-0.1, -0.05) is 13.8 Å². The van der Waals surface area contributed by atoms with Gasteiger partial charge < -0.3 is 10.4 Å². The highest BCUT2D eigenvalue weighted by molar-refractivity contribution is 7.99. The lowest BCUT2D eigenvalue weighted by Gasteiger charge is -2.09. The zero-order chi connectivity index (χ0) is 13.5. The monoisotopic (exact) mass is 271 g/mol. The fourth-order valence-corrected chi connectivity index (χ4v) is 2.07. The van der Waals surface area contributed by atoms with Crippen molar-refractivity contribution in [3.63, 3.8) is 0 Å². The number of hydrogen-bond acceptors (Lipinski definition) is 6. The van der Waals surface area contributed by atoms with Gasteiger partial charge in [-0.3, -0.25) is 10.1 Å². The normalized spacial score (nSPS) is 12.2. The number of nitrogens with one attached hydrogen (secondary N) is 1. The first-order valence-electron chi connectivity index (χ1n) is 5.74. The lowest BCUT2D eigenvalue weighted by Crippen LogP contribution is -2.06. The molecule has 0 aliphatic heterocycles. The van der Waals surface area contributed by atoms with Crippen molar-refractivity contribution in [2.24, 2.45) is 0 Å². The van der Waals surface area contributed by atoms with Crippen molar-refractivity contribution in [2.45, 2.75) is 30.5 Å². The fourth-order valence-electron chi connectivity index (χ4n) is 1.24. The molecule has 0 aliphatic rings. The number of rotatable bonds is 7. The van der Waals surface area contributed by atoms with Crippen LogP contribution in [0.25, 0.3) is 0 Å². The summed E-state index contributed by atoms with van der Waals surface area (Å²) < 4.78 is 0. The summed E-state index contributed by atoms with van der Waals surface area (Å²) in [5.74, 6) is 0.499. The Bertz CT molecular complexity index is 415. The quantitative estimate of drug-likeness (QED) is 0.449. The summed E-state index contributed by atoms with van der Waals surface area (Å²) in [6, 6.07) is 2.84. The third kappa shape index (κ3) is 4.50. The molecule has 0 bridgehead atoms. The van der Waals surface area contributed by atoms with Crippen molar-refractivity contribution < 1.29 is 10.0 Å². The highest BCUT2D eigenvalue weighted by Crippen LogP contribution is 2.27. The van der Waals surface area contributed by atoms with E-state index in [1.54, 1.807) is 0 Å². The molecule has 0 amide bonds. The van der Waals surface area contributed by atoms with Crippen LogP contribution in [-0.2, 0) is 0 Å². The van der Waals surface area contributed by atoms with E-state index < -0.39 is 4.92 Å². The first-order chi connectivity index (χ1) is 8.56. The molecule has 0 radical (unpaired) electrons. The van der Waals surface area contributed by atoms with Gasteiger partial charge in [0.25, 0.3) is 5.69 Å². The van der Waals surface area contributed by atoms with Gasteiger partial charge in [-0.05, 0) is 6.42 Å². The average molecular weight is 271 g/mol. The molecule has 100 valence electrons. The van der Waals surface area contributed by atoms with Gasteiger partial charge in [0.1, 0.15) is 10.8 Å². The zero-order valence-corrected chi connectivity index (χ0v) is 11.2. The highest BCUT2D eigenvalue weighted by atomic mass is 32.2. The van der Waals surface area contributed by atoms with E-state index >= 15 is 0 Å². The molecule has 0 fully saturated rings. The number of nitrogens with zero attached hydrogens (tertiary/aromatic N) is 2. The molecule has 0 saturated carbocycles. The third-order valence-corrected chi connectivity index (χ3v) is 3.13. The van der Waals surface area contributed by atoms with Crippen LogP contribution < -0.4 is 5.32 Å². The van der Waals surface area contributed by atoms with Gasteiger partial charge in [0.15, 0.2) is 0 Å². The van der Waals surface area contributed by atoms with Crippen LogP contribution in [-0.4, -0.2) is 33.4 Å². The molecular weight excluding hydrogens is 254 g/mol. The summed E-state index contributed by atoms with van der Waals surface area (Å²) in [4.78, 5) is 14.7. The van der Waals surface area contributed by atoms with E-state index in [1.165, 1.54) is 23.9 Å². The summed E-state index contributed by atoms with van der Waals surface area (Å²) in [5, 5.41) is 23.3. The van der Waals surface area contributed by atoms with Gasteiger partial charge in [-0.15, -0.1) is 11.8 Å². The lowest BCUT2D eigenvalue weighted by atomic mass is 10.4. The van der Waals surface area contributed by atoms with Crippen molar-refractivity contribution in [1.29, 1.82) is 0 Å². The Labute approximate surface area is 110 Å². The number of aliphatic hydroxyl groups excluding tert-OH is 1. The number of aliphatic hydroxyl groups is 1. The van der Waals surface area contributed by atoms with Gasteiger partial charge >= 0.3 is 0 Å². The smallest absolute Gasteiger partial charge is 0.275 e. The number of hydrogen-bond donors (Lipinski definition) is 2. The van der Waals surface area contributed by atoms with Gasteiger partial charge in [-0.2, -0.15) is 0 Å². The molecule has 7 heteroatoms. The standard InChI is InChI=1S/C11H17N3O3S/c1-3-4-12-10-5-9(14(16)17)6-11(13-10)18-8(2)7-15/h5-6,8,15H,3-4,7H2,1-2H3,(H,12,13). The minimum Gasteiger partial charge on any atom is -0.395 e. The van der Waals surface area contributed by atoms with E-state index in [9.17, 15) is 10.1 Å². The van der Waals surface area contributed by atoms with Crippen molar-refractivity contribution in [3.05, 3.63) is 22.2 Å². The topological polar surface area (TPSA) is 88.3 Å². The molecule has 1 aromatic rings. The van der Waals surface area contributed by atoms with Crippen LogP contribution in [0.5, 0.6) is 0 Å². The Balaban J connectivity index is 2.94. The molecule has 0 aromatic carbocycles. The van der Waals surface area contributed by atoms with E-state index in [0.717, 1.165) is 6.42 Å². The number of anilines is 1. The Morgan fingerprint density at radius 2 is 2.33 bits per heavy atom. The second kappa shape index (κ2) is 7.17. The van der Waals surface area contributed by atoms with Crippen LogP contribution in [0, 0.1) is 10.1 Å². The van der Waals surface area contributed by atoms with Crippen LogP contribution in [0.2, 0.25) is 0 Å². The Morgan fingerprint density at radius 3 is 2.89 bits per heavy atom. The third-order valence-electron chi connectivity index (χ3n) is 2.13. The van der Waals surface area contributed by atoms with Gasteiger partial charge in [0, 0.05) is 17.9 Å². The Kier molecular flexibility index (Phi) is 5.87. The molecule has 1 heterocycles. The van der Waals surface area contributed by atoms with Crippen molar-refractivity contribution >= 4 is 23.3 Å². The molecular formula is C11H17N3O3S. The molecule has 0 saturated heterocycles. The van der Waals surface area contributed by atoms with E-state index in [1.807, 2.05) is 13.8 Å². The molecule has 1 rings (SSSR count). The maximum absolute atomic E-state index is 10.8. The Morgan fingerprint density at radius 1 is 1.61 bits per heavy atom. The molecule has 2 N–H and O–H groups in total. The van der Waals surface area contributed by atoms with Crippen LogP contribution in [0.15, 0.2) is 17.2 Å². The minimum absolute atomic E-state index is 0.00671. The summed E-state index contributed by atoms with van der Waals surface area (Å²) >= 11 is 1.32. The molecule has 1 atom stereocenters. The molecule has 1 aromatic heterocycles. The largest absolute Gasteiger partial charge is 0.395 e. The molecule has 0 spiro atoms. The van der Waals surface area contributed by atoms with E-state index in [0.29, 0.717) is 17.4 Å². The average Bonchev–Trinajstić information content (AvgIpc) is 2.35. The lowest BCUT2D eigenvalue weighted by molar-refractivity contribution is -0.385. The second-order valence-electron chi connectivity index (χ2n) is 3.84. The maximum atomic E-state index is 10.8. The number of nitro groups is 1. The van der Waals surface area contributed by atoms with Gasteiger partial charge in [0.2, 0.25) is 0 Å². The van der Waals surface area contributed by atoms with Crippen molar-refractivity contribution in [2.75, 3.05) is 18.5 Å². The van der Waals surface area contributed by atoms with Gasteiger partial charge in [0.05, 0.1) is 17.6 Å². The summed E-state index contributed by atoms with van der Waals surface area (Å²) in [6.07, 6.45) is 0.917. The maximum Gasteiger partial charge on any atom is 0.275 e. The van der Waals surface area contributed by atoms with Crippen LogP contribution >= 0.6 is 11.8 Å². The van der Waals surface area contributed by atoms with E-state index in [-0.39, 0.29) is 17.5 Å². The fraction of sp³-hybridized carbons (Fsp3) is 0.545. The van der Waals surface area contributed by atoms with Crippen LogP contribution in [0.1, 0.15) is 20.3 Å². The van der Waals surface area contributed by atoms with Crippen molar-refractivity contribution in [3.8, 4) is 0 Å². The molecule has 1 unspecified atom stereocenters. The number of pyridine rings is 1. The predicted octanol–water partition coefficient (Wildman–Crippen LogP) is 2.28. The predicted molar refractivity (Wildman–Crippen MR) is 72.1 cm³/mol.